The van der Waals surface area contributed by atoms with Gasteiger partial charge in [-0.25, -0.2) is 4.99 Å². The first-order valence-corrected chi connectivity index (χ1v) is 15.1. The summed E-state index contributed by atoms with van der Waals surface area (Å²) in [7, 11) is 1.63. The molecule has 3 aromatic carbocycles. The highest BCUT2D eigenvalue weighted by atomic mass is 79.9. The van der Waals surface area contributed by atoms with Crippen molar-refractivity contribution in [1.29, 1.82) is 0 Å². The predicted molar refractivity (Wildman–Crippen MR) is 164 cm³/mol. The smallest absolute Gasteiger partial charge is 0.267 e. The van der Waals surface area contributed by atoms with E-state index < -0.39 is 0 Å². The molecule has 1 aliphatic carbocycles. The van der Waals surface area contributed by atoms with E-state index in [0.717, 1.165) is 58.6 Å². The first-order chi connectivity index (χ1) is 19.1. The van der Waals surface area contributed by atoms with Crippen LogP contribution in [-0.4, -0.2) is 29.1 Å². The van der Waals surface area contributed by atoms with E-state index in [1.165, 1.54) is 23.7 Å². The van der Waals surface area contributed by atoms with E-state index in [1.807, 2.05) is 71.6 Å². The second-order valence-electron chi connectivity index (χ2n) is 9.78. The fourth-order valence-corrected chi connectivity index (χ4v) is 6.35. The molecule has 5 nitrogen and oxygen atoms in total. The highest BCUT2D eigenvalue weighted by molar-refractivity contribution is 9.10. The Balaban J connectivity index is 1.41. The third-order valence-corrected chi connectivity index (χ3v) is 8.67. The van der Waals surface area contributed by atoms with Gasteiger partial charge in [0.2, 0.25) is 0 Å². The van der Waals surface area contributed by atoms with Crippen LogP contribution in [0.1, 0.15) is 55.7 Å². The molecule has 202 valence electrons. The average molecular weight is 606 g/mol. The van der Waals surface area contributed by atoms with E-state index >= 15 is 0 Å². The fraction of sp³-hybridized carbons (Fsp3) is 0.312. The summed E-state index contributed by atoms with van der Waals surface area (Å²) in [6.07, 6.45) is 8.41. The second-order valence-corrected chi connectivity index (χ2v) is 11.7. The van der Waals surface area contributed by atoms with Crippen molar-refractivity contribution in [2.45, 2.75) is 58.1 Å². The minimum Gasteiger partial charge on any atom is -0.493 e. The first-order valence-electron chi connectivity index (χ1n) is 13.5. The van der Waals surface area contributed by atoms with Crippen molar-refractivity contribution in [3.05, 3.63) is 92.8 Å². The third-order valence-electron chi connectivity index (χ3n) is 7.16. The standard InChI is InChI=1S/C32H33BrN2O3S/c1-3-24-9-7-8-12-27(24)34-32-35(26-10-5-4-6-11-26)31(36)30(39-32)20-23-15-18-28(29(19-23)37-2)38-21-22-13-16-25(33)17-14-22/h7-9,12-20,26H,3-6,10-11,21H2,1-2H3/b30-20+,34-32?. The van der Waals surface area contributed by atoms with Crippen molar-refractivity contribution in [2.24, 2.45) is 4.99 Å². The number of aryl methyl sites for hydroxylation is 1. The molecule has 1 heterocycles. The van der Waals surface area contributed by atoms with Crippen molar-refractivity contribution < 1.29 is 14.3 Å². The number of halogens is 1. The monoisotopic (exact) mass is 604 g/mol. The van der Waals surface area contributed by atoms with Gasteiger partial charge in [-0.05, 0) is 84.1 Å². The van der Waals surface area contributed by atoms with Crippen LogP contribution >= 0.6 is 27.7 Å². The summed E-state index contributed by atoms with van der Waals surface area (Å²) in [5.41, 5.74) is 4.07. The van der Waals surface area contributed by atoms with Crippen LogP contribution < -0.4 is 9.47 Å². The van der Waals surface area contributed by atoms with Crippen LogP contribution in [0.2, 0.25) is 0 Å². The largest absolute Gasteiger partial charge is 0.493 e. The zero-order valence-corrected chi connectivity index (χ0v) is 24.8. The number of benzene rings is 3. The Hall–Kier alpha value is -3.03. The van der Waals surface area contributed by atoms with E-state index in [-0.39, 0.29) is 11.9 Å². The Labute approximate surface area is 243 Å². The van der Waals surface area contributed by atoms with Crippen molar-refractivity contribution in [1.82, 2.24) is 4.90 Å². The Morgan fingerprint density at radius 3 is 2.54 bits per heavy atom. The quantitative estimate of drug-likeness (QED) is 0.242. The van der Waals surface area contributed by atoms with E-state index in [9.17, 15) is 4.79 Å². The summed E-state index contributed by atoms with van der Waals surface area (Å²) in [5, 5.41) is 0.778. The van der Waals surface area contributed by atoms with E-state index in [0.29, 0.717) is 23.0 Å². The van der Waals surface area contributed by atoms with Gasteiger partial charge in [0.1, 0.15) is 6.61 Å². The summed E-state index contributed by atoms with van der Waals surface area (Å²) in [6.45, 7) is 2.57. The number of hydrogen-bond acceptors (Lipinski definition) is 5. The summed E-state index contributed by atoms with van der Waals surface area (Å²) in [6, 6.07) is 22.2. The maximum Gasteiger partial charge on any atom is 0.267 e. The Kier molecular flexibility index (Phi) is 9.09. The van der Waals surface area contributed by atoms with Gasteiger partial charge in [-0.3, -0.25) is 9.69 Å². The molecule has 3 aromatic rings. The zero-order valence-electron chi connectivity index (χ0n) is 22.4. The Morgan fingerprint density at radius 1 is 1.03 bits per heavy atom. The van der Waals surface area contributed by atoms with Crippen LogP contribution in [-0.2, 0) is 17.8 Å². The summed E-state index contributed by atoms with van der Waals surface area (Å²) in [4.78, 5) is 21.4. The number of amides is 1. The van der Waals surface area contributed by atoms with Gasteiger partial charge in [0.25, 0.3) is 5.91 Å². The van der Waals surface area contributed by atoms with Crippen LogP contribution in [0.25, 0.3) is 6.08 Å². The van der Waals surface area contributed by atoms with Gasteiger partial charge in [0, 0.05) is 10.5 Å². The molecule has 0 atom stereocenters. The first kappa shape index (κ1) is 27.5. The van der Waals surface area contributed by atoms with E-state index in [1.54, 1.807) is 7.11 Å². The lowest BCUT2D eigenvalue weighted by molar-refractivity contribution is -0.124. The van der Waals surface area contributed by atoms with Crippen LogP contribution in [0.15, 0.2) is 81.1 Å². The van der Waals surface area contributed by atoms with Gasteiger partial charge >= 0.3 is 0 Å². The normalized spacial score (nSPS) is 18.2. The van der Waals surface area contributed by atoms with Crippen molar-refractivity contribution in [3.63, 3.8) is 0 Å². The number of carbonyl (C=O) groups excluding carboxylic acids is 1. The van der Waals surface area contributed by atoms with Gasteiger partial charge in [-0.15, -0.1) is 0 Å². The van der Waals surface area contributed by atoms with Gasteiger partial charge in [0.05, 0.1) is 17.7 Å². The maximum atomic E-state index is 13.8. The second kappa shape index (κ2) is 12.9. The number of nitrogens with zero attached hydrogens (tertiary/aromatic N) is 2. The predicted octanol–water partition coefficient (Wildman–Crippen LogP) is 8.54. The highest BCUT2D eigenvalue weighted by Crippen LogP contribution is 2.40. The number of methoxy groups -OCH3 is 1. The minimum atomic E-state index is 0.0363. The number of carbonyl (C=O) groups is 1. The number of aliphatic imine (C=N–C) groups is 1. The molecular formula is C32H33BrN2O3S. The molecule has 0 bridgehead atoms. The van der Waals surface area contributed by atoms with Crippen molar-refractivity contribution in [3.8, 4) is 11.5 Å². The SMILES string of the molecule is CCc1ccccc1N=C1S/C(=C/c2ccc(OCc3ccc(Br)cc3)c(OC)c2)C(=O)N1C1CCCCC1. The number of amidine groups is 1. The zero-order chi connectivity index (χ0) is 27.2. The van der Waals surface area contributed by atoms with Gasteiger partial charge in [-0.1, -0.05) is 78.5 Å². The topological polar surface area (TPSA) is 51.1 Å². The molecule has 7 heteroatoms. The van der Waals surface area contributed by atoms with Crippen molar-refractivity contribution in [2.75, 3.05) is 7.11 Å². The lowest BCUT2D eigenvalue weighted by Gasteiger charge is -2.30. The molecule has 5 rings (SSSR count). The average Bonchev–Trinajstić information content (AvgIpc) is 3.27. The number of hydrogen-bond donors (Lipinski definition) is 0. The van der Waals surface area contributed by atoms with Gasteiger partial charge < -0.3 is 9.47 Å². The third kappa shape index (κ3) is 6.59. The van der Waals surface area contributed by atoms with Gasteiger partial charge in [-0.2, -0.15) is 0 Å². The van der Waals surface area contributed by atoms with Crippen LogP contribution in [0.3, 0.4) is 0 Å². The molecule has 2 fully saturated rings. The van der Waals surface area contributed by atoms with E-state index in [4.69, 9.17) is 14.5 Å². The van der Waals surface area contributed by atoms with Gasteiger partial charge in [0.15, 0.2) is 16.7 Å². The molecule has 0 radical (unpaired) electrons. The Morgan fingerprint density at radius 2 is 1.79 bits per heavy atom. The highest BCUT2D eigenvalue weighted by Gasteiger charge is 2.38. The molecule has 1 aliphatic heterocycles. The Bertz CT molecular complexity index is 1380. The number of rotatable bonds is 8. The molecule has 2 aliphatic rings. The molecule has 1 saturated heterocycles. The maximum absolute atomic E-state index is 13.8. The fourth-order valence-electron chi connectivity index (χ4n) is 5.03. The number of ether oxygens (including phenoxy) is 2. The molecule has 1 amide bonds. The molecule has 39 heavy (non-hydrogen) atoms. The van der Waals surface area contributed by atoms with Crippen molar-refractivity contribution >= 4 is 50.5 Å². The summed E-state index contributed by atoms with van der Waals surface area (Å²) >= 11 is 4.93. The van der Waals surface area contributed by atoms with Crippen LogP contribution in [0.5, 0.6) is 11.5 Å². The molecular weight excluding hydrogens is 572 g/mol. The summed E-state index contributed by atoms with van der Waals surface area (Å²) in [5.74, 6) is 1.33. The van der Waals surface area contributed by atoms with E-state index in [2.05, 4.69) is 28.9 Å². The molecule has 1 saturated carbocycles. The van der Waals surface area contributed by atoms with Crippen LogP contribution in [0, 0.1) is 0 Å². The van der Waals surface area contributed by atoms with Crippen LogP contribution in [0.4, 0.5) is 5.69 Å². The minimum absolute atomic E-state index is 0.0363. The summed E-state index contributed by atoms with van der Waals surface area (Å²) < 4.78 is 12.7. The molecule has 0 N–H and O–H groups in total. The lowest BCUT2D eigenvalue weighted by atomic mass is 9.94. The molecule has 0 spiro atoms. The molecule has 0 unspecified atom stereocenters. The lowest BCUT2D eigenvalue weighted by Crippen LogP contribution is -2.40. The molecule has 0 aromatic heterocycles. The number of thioether (sulfide) groups is 1. The number of para-hydroxylation sites is 1.